The van der Waals surface area contributed by atoms with Gasteiger partial charge in [-0.1, -0.05) is 25.8 Å². The van der Waals surface area contributed by atoms with E-state index < -0.39 is 0 Å². The molecule has 1 aromatic carbocycles. The van der Waals surface area contributed by atoms with Gasteiger partial charge in [0.2, 0.25) is 0 Å². The lowest BCUT2D eigenvalue weighted by atomic mass is 9.77. The number of benzene rings is 1. The molecular weight excluding hydrogens is 293 g/mol. The van der Waals surface area contributed by atoms with Gasteiger partial charge in [-0.25, -0.2) is 4.39 Å². The van der Waals surface area contributed by atoms with E-state index in [9.17, 15) is 4.39 Å². The minimum absolute atomic E-state index is 0.199. The molecule has 0 bridgehead atoms. The molecule has 0 saturated heterocycles. The van der Waals surface area contributed by atoms with Crippen LogP contribution in [0.25, 0.3) is 0 Å². The minimum Gasteiger partial charge on any atom is -0.327 e. The Bertz CT molecular complexity index is 407. The molecule has 0 amide bonds. The van der Waals surface area contributed by atoms with Crippen molar-refractivity contribution in [3.63, 3.8) is 0 Å². The fourth-order valence-electron chi connectivity index (χ4n) is 2.98. The lowest BCUT2D eigenvalue weighted by Crippen LogP contribution is -2.35. The molecule has 1 aromatic rings. The van der Waals surface area contributed by atoms with Gasteiger partial charge in [-0.3, -0.25) is 0 Å². The number of hydrogen-bond acceptors (Lipinski definition) is 1. The van der Waals surface area contributed by atoms with Crippen LogP contribution < -0.4 is 5.73 Å². The summed E-state index contributed by atoms with van der Waals surface area (Å²) in [5.74, 6) is 1.21. The third-order valence-electron chi connectivity index (χ3n) is 4.04. The summed E-state index contributed by atoms with van der Waals surface area (Å²) in [6.07, 6.45) is 5.96. The van der Waals surface area contributed by atoms with E-state index in [0.29, 0.717) is 10.4 Å². The molecule has 1 aliphatic rings. The fourth-order valence-corrected chi connectivity index (χ4v) is 3.40. The molecular formula is C15H21BrFN. The molecule has 0 aliphatic heterocycles. The standard InChI is InChI=1S/C15H21BrFN/c1-10-3-2-4-12(7-10)15(18)9-11-5-6-14(17)13(16)8-11/h5-6,8,10,12,15H,2-4,7,9,18H2,1H3. The molecule has 18 heavy (non-hydrogen) atoms. The van der Waals surface area contributed by atoms with Crippen molar-refractivity contribution in [1.29, 1.82) is 0 Å². The summed E-state index contributed by atoms with van der Waals surface area (Å²) in [6.45, 7) is 2.31. The molecule has 3 unspecified atom stereocenters. The molecule has 1 fully saturated rings. The van der Waals surface area contributed by atoms with Gasteiger partial charge in [0.15, 0.2) is 0 Å². The van der Waals surface area contributed by atoms with E-state index in [4.69, 9.17) is 5.73 Å². The summed E-state index contributed by atoms with van der Waals surface area (Å²) >= 11 is 3.23. The zero-order valence-corrected chi connectivity index (χ0v) is 12.4. The molecule has 0 radical (unpaired) electrons. The van der Waals surface area contributed by atoms with Crippen molar-refractivity contribution in [3.8, 4) is 0 Å². The van der Waals surface area contributed by atoms with Crippen LogP contribution in [0.4, 0.5) is 4.39 Å². The van der Waals surface area contributed by atoms with Gasteiger partial charge in [-0.05, 0) is 64.7 Å². The van der Waals surface area contributed by atoms with Crippen molar-refractivity contribution in [2.45, 2.75) is 45.1 Å². The van der Waals surface area contributed by atoms with Gasteiger partial charge in [0, 0.05) is 6.04 Å². The Labute approximate surface area is 117 Å². The lowest BCUT2D eigenvalue weighted by molar-refractivity contribution is 0.245. The van der Waals surface area contributed by atoms with Gasteiger partial charge in [0.1, 0.15) is 5.82 Å². The third kappa shape index (κ3) is 3.55. The molecule has 2 N–H and O–H groups in total. The first kappa shape index (κ1) is 14.0. The van der Waals surface area contributed by atoms with E-state index in [1.165, 1.54) is 31.7 Å². The Hall–Kier alpha value is -0.410. The molecule has 1 nitrogen and oxygen atoms in total. The number of nitrogens with two attached hydrogens (primary N) is 1. The van der Waals surface area contributed by atoms with Gasteiger partial charge in [-0.2, -0.15) is 0 Å². The Morgan fingerprint density at radius 3 is 2.89 bits per heavy atom. The zero-order valence-electron chi connectivity index (χ0n) is 10.8. The molecule has 3 atom stereocenters. The molecule has 1 saturated carbocycles. The fraction of sp³-hybridized carbons (Fsp3) is 0.600. The van der Waals surface area contributed by atoms with Crippen molar-refractivity contribution >= 4 is 15.9 Å². The van der Waals surface area contributed by atoms with Crippen molar-refractivity contribution < 1.29 is 4.39 Å². The van der Waals surface area contributed by atoms with Crippen LogP contribution in [0.1, 0.15) is 38.2 Å². The van der Waals surface area contributed by atoms with Crippen LogP contribution in [0.3, 0.4) is 0 Å². The van der Waals surface area contributed by atoms with Crippen LogP contribution in [-0.2, 0) is 6.42 Å². The van der Waals surface area contributed by atoms with Crippen LogP contribution >= 0.6 is 15.9 Å². The van der Waals surface area contributed by atoms with Gasteiger partial charge in [0.05, 0.1) is 4.47 Å². The van der Waals surface area contributed by atoms with E-state index in [1.807, 2.05) is 12.1 Å². The van der Waals surface area contributed by atoms with Crippen LogP contribution in [0.5, 0.6) is 0 Å². The highest BCUT2D eigenvalue weighted by Crippen LogP contribution is 2.31. The van der Waals surface area contributed by atoms with Crippen molar-refractivity contribution in [1.82, 2.24) is 0 Å². The highest BCUT2D eigenvalue weighted by atomic mass is 79.9. The SMILES string of the molecule is CC1CCCC(C(N)Cc2ccc(F)c(Br)c2)C1. The van der Waals surface area contributed by atoms with Crippen molar-refractivity contribution in [2.75, 3.05) is 0 Å². The second kappa shape index (κ2) is 6.16. The predicted octanol–water partition coefficient (Wildman–Crippen LogP) is 4.28. The Balaban J connectivity index is 1.97. The topological polar surface area (TPSA) is 26.0 Å². The average molecular weight is 314 g/mol. The molecule has 0 aromatic heterocycles. The van der Waals surface area contributed by atoms with Gasteiger partial charge in [-0.15, -0.1) is 0 Å². The Morgan fingerprint density at radius 2 is 2.22 bits per heavy atom. The Morgan fingerprint density at radius 1 is 1.44 bits per heavy atom. The second-order valence-electron chi connectivity index (χ2n) is 5.65. The van der Waals surface area contributed by atoms with Crippen molar-refractivity contribution in [2.24, 2.45) is 17.6 Å². The van der Waals surface area contributed by atoms with Gasteiger partial charge >= 0.3 is 0 Å². The normalized spacial score (nSPS) is 26.0. The van der Waals surface area contributed by atoms with Crippen molar-refractivity contribution in [3.05, 3.63) is 34.1 Å². The molecule has 100 valence electrons. The van der Waals surface area contributed by atoms with Crippen LogP contribution in [-0.4, -0.2) is 6.04 Å². The van der Waals surface area contributed by atoms with E-state index in [-0.39, 0.29) is 11.9 Å². The van der Waals surface area contributed by atoms with E-state index >= 15 is 0 Å². The molecule has 0 spiro atoms. The number of halogens is 2. The number of rotatable bonds is 3. The maximum Gasteiger partial charge on any atom is 0.137 e. The smallest absolute Gasteiger partial charge is 0.137 e. The maximum absolute atomic E-state index is 13.2. The lowest BCUT2D eigenvalue weighted by Gasteiger charge is -2.31. The first-order valence-corrected chi connectivity index (χ1v) is 7.55. The summed E-state index contributed by atoms with van der Waals surface area (Å²) in [4.78, 5) is 0. The summed E-state index contributed by atoms with van der Waals surface area (Å²) in [7, 11) is 0. The highest BCUT2D eigenvalue weighted by Gasteiger charge is 2.24. The maximum atomic E-state index is 13.2. The summed E-state index contributed by atoms with van der Waals surface area (Å²) in [5, 5.41) is 0. The predicted molar refractivity (Wildman–Crippen MR) is 76.9 cm³/mol. The second-order valence-corrected chi connectivity index (χ2v) is 6.50. The van der Waals surface area contributed by atoms with Gasteiger partial charge in [0.25, 0.3) is 0 Å². The molecule has 2 rings (SSSR count). The summed E-state index contributed by atoms with van der Waals surface area (Å²) < 4.78 is 13.7. The van der Waals surface area contributed by atoms with Crippen LogP contribution in [0, 0.1) is 17.7 Å². The molecule has 0 heterocycles. The minimum atomic E-state index is -0.210. The third-order valence-corrected chi connectivity index (χ3v) is 4.65. The van der Waals surface area contributed by atoms with Gasteiger partial charge < -0.3 is 5.73 Å². The molecule has 3 heteroatoms. The number of hydrogen-bond donors (Lipinski definition) is 1. The quantitative estimate of drug-likeness (QED) is 0.885. The van der Waals surface area contributed by atoms with Crippen LogP contribution in [0.2, 0.25) is 0 Å². The zero-order chi connectivity index (χ0) is 13.1. The largest absolute Gasteiger partial charge is 0.327 e. The molecule has 1 aliphatic carbocycles. The van der Waals surface area contributed by atoms with Crippen LogP contribution in [0.15, 0.2) is 22.7 Å². The highest BCUT2D eigenvalue weighted by molar-refractivity contribution is 9.10. The average Bonchev–Trinajstić information content (AvgIpc) is 2.34. The summed E-state index contributed by atoms with van der Waals surface area (Å²) in [5.41, 5.74) is 7.44. The Kier molecular flexibility index (Phi) is 4.79. The first-order valence-electron chi connectivity index (χ1n) is 6.75. The monoisotopic (exact) mass is 313 g/mol. The van der Waals surface area contributed by atoms with E-state index in [0.717, 1.165) is 17.9 Å². The van der Waals surface area contributed by atoms with E-state index in [2.05, 4.69) is 22.9 Å². The summed E-state index contributed by atoms with van der Waals surface area (Å²) in [6, 6.07) is 5.40. The van der Waals surface area contributed by atoms with E-state index in [1.54, 1.807) is 0 Å². The first-order chi connectivity index (χ1) is 8.56.